The molecule has 2 unspecified atom stereocenters. The minimum Gasteiger partial charge on any atom is -0.312 e. The monoisotopic (exact) mass is 198 g/mol. The molecule has 0 aliphatic carbocycles. The highest BCUT2D eigenvalue weighted by atomic mass is 32.1. The van der Waals surface area contributed by atoms with E-state index in [4.69, 9.17) is 0 Å². The molecule has 0 saturated heterocycles. The Morgan fingerprint density at radius 2 is 2.23 bits per heavy atom. The number of rotatable bonds is 4. The molecule has 0 spiro atoms. The first-order chi connectivity index (χ1) is 6.19. The van der Waals surface area contributed by atoms with Gasteiger partial charge in [0.25, 0.3) is 0 Å². The summed E-state index contributed by atoms with van der Waals surface area (Å²) in [6, 6.07) is 0.426. The number of aromatic nitrogens is 1. The SMILES string of the molecule is CCC(C)c1ncc(C(C)NC)s1. The molecule has 1 rings (SSSR count). The number of hydrogen-bond donors (Lipinski definition) is 1. The fraction of sp³-hybridized carbons (Fsp3) is 0.700. The van der Waals surface area contributed by atoms with Crippen molar-refractivity contribution >= 4 is 11.3 Å². The number of nitrogens with zero attached hydrogens (tertiary/aromatic N) is 1. The number of thiazole rings is 1. The molecule has 74 valence electrons. The van der Waals surface area contributed by atoms with Gasteiger partial charge in [0.15, 0.2) is 0 Å². The van der Waals surface area contributed by atoms with Crippen molar-refractivity contribution in [2.75, 3.05) is 7.05 Å². The fourth-order valence-electron chi connectivity index (χ4n) is 1.05. The Hall–Kier alpha value is -0.410. The van der Waals surface area contributed by atoms with E-state index in [-0.39, 0.29) is 0 Å². The highest BCUT2D eigenvalue weighted by molar-refractivity contribution is 7.11. The zero-order valence-corrected chi connectivity index (χ0v) is 9.61. The molecule has 0 aliphatic rings. The van der Waals surface area contributed by atoms with Crippen molar-refractivity contribution in [1.29, 1.82) is 0 Å². The molecule has 13 heavy (non-hydrogen) atoms. The summed E-state index contributed by atoms with van der Waals surface area (Å²) in [6.07, 6.45) is 3.16. The van der Waals surface area contributed by atoms with Crippen molar-refractivity contribution in [3.05, 3.63) is 16.1 Å². The molecule has 2 atom stereocenters. The van der Waals surface area contributed by atoms with E-state index < -0.39 is 0 Å². The normalized spacial score (nSPS) is 15.7. The summed E-state index contributed by atoms with van der Waals surface area (Å²) in [4.78, 5) is 5.77. The van der Waals surface area contributed by atoms with Gasteiger partial charge in [-0.15, -0.1) is 11.3 Å². The Kier molecular flexibility index (Phi) is 3.88. The average molecular weight is 198 g/mol. The van der Waals surface area contributed by atoms with E-state index in [1.165, 1.54) is 16.3 Å². The van der Waals surface area contributed by atoms with Crippen molar-refractivity contribution < 1.29 is 0 Å². The molecule has 0 amide bonds. The van der Waals surface area contributed by atoms with Crippen LogP contribution in [0.25, 0.3) is 0 Å². The van der Waals surface area contributed by atoms with Gasteiger partial charge in [0.05, 0.1) is 5.01 Å². The van der Waals surface area contributed by atoms with Crippen molar-refractivity contribution in [1.82, 2.24) is 10.3 Å². The Bertz CT molecular complexity index is 233. The third-order valence-corrected chi connectivity index (χ3v) is 3.85. The number of hydrogen-bond acceptors (Lipinski definition) is 3. The molecule has 2 nitrogen and oxygen atoms in total. The van der Waals surface area contributed by atoms with Crippen LogP contribution in [0.3, 0.4) is 0 Å². The fourth-order valence-corrected chi connectivity index (χ4v) is 2.16. The Labute approximate surface area is 84.4 Å². The van der Waals surface area contributed by atoms with Crippen molar-refractivity contribution in [2.24, 2.45) is 0 Å². The summed E-state index contributed by atoms with van der Waals surface area (Å²) in [5, 5.41) is 4.49. The average Bonchev–Trinajstić information content (AvgIpc) is 2.64. The van der Waals surface area contributed by atoms with Gasteiger partial charge in [-0.1, -0.05) is 13.8 Å². The Morgan fingerprint density at radius 1 is 1.54 bits per heavy atom. The molecule has 1 N–H and O–H groups in total. The van der Waals surface area contributed by atoms with E-state index in [1.54, 1.807) is 0 Å². The van der Waals surface area contributed by atoms with E-state index in [9.17, 15) is 0 Å². The standard InChI is InChI=1S/C10H18N2S/c1-5-7(2)10-12-6-9(13-10)8(3)11-4/h6-8,11H,5H2,1-4H3. The largest absolute Gasteiger partial charge is 0.312 e. The van der Waals surface area contributed by atoms with Gasteiger partial charge >= 0.3 is 0 Å². The molecular weight excluding hydrogens is 180 g/mol. The third-order valence-electron chi connectivity index (χ3n) is 2.44. The lowest BCUT2D eigenvalue weighted by atomic mass is 10.1. The molecule has 0 radical (unpaired) electrons. The van der Waals surface area contributed by atoms with E-state index in [1.807, 2.05) is 24.6 Å². The molecule has 1 aromatic rings. The summed E-state index contributed by atoms with van der Waals surface area (Å²) < 4.78 is 0. The Morgan fingerprint density at radius 3 is 2.77 bits per heavy atom. The van der Waals surface area contributed by atoms with Gasteiger partial charge in [-0.2, -0.15) is 0 Å². The first kappa shape index (κ1) is 10.7. The van der Waals surface area contributed by atoms with Crippen LogP contribution in [0.5, 0.6) is 0 Å². The number of nitrogens with one attached hydrogen (secondary N) is 1. The lowest BCUT2D eigenvalue weighted by Crippen LogP contribution is -2.10. The predicted octanol–water partition coefficient (Wildman–Crippen LogP) is 2.94. The van der Waals surface area contributed by atoms with Gasteiger partial charge in [-0.05, 0) is 20.4 Å². The third kappa shape index (κ3) is 2.51. The van der Waals surface area contributed by atoms with Gasteiger partial charge in [0.1, 0.15) is 0 Å². The van der Waals surface area contributed by atoms with Crippen LogP contribution in [0.1, 0.15) is 49.0 Å². The van der Waals surface area contributed by atoms with Crippen LogP contribution in [-0.2, 0) is 0 Å². The van der Waals surface area contributed by atoms with Crippen LogP contribution in [0.2, 0.25) is 0 Å². The second-order valence-electron chi connectivity index (χ2n) is 3.42. The van der Waals surface area contributed by atoms with Crippen molar-refractivity contribution in [2.45, 2.75) is 39.2 Å². The highest BCUT2D eigenvalue weighted by Gasteiger charge is 2.11. The summed E-state index contributed by atoms with van der Waals surface area (Å²) in [5.41, 5.74) is 0. The summed E-state index contributed by atoms with van der Waals surface area (Å²) in [5.74, 6) is 0.600. The van der Waals surface area contributed by atoms with Crippen LogP contribution in [0.15, 0.2) is 6.20 Å². The summed E-state index contributed by atoms with van der Waals surface area (Å²) in [7, 11) is 1.98. The smallest absolute Gasteiger partial charge is 0.0956 e. The van der Waals surface area contributed by atoms with E-state index in [2.05, 4.69) is 31.1 Å². The van der Waals surface area contributed by atoms with Crippen LogP contribution in [0.4, 0.5) is 0 Å². The molecule has 1 aromatic heterocycles. The first-order valence-electron chi connectivity index (χ1n) is 4.81. The topological polar surface area (TPSA) is 24.9 Å². The van der Waals surface area contributed by atoms with Crippen LogP contribution in [0, 0.1) is 0 Å². The van der Waals surface area contributed by atoms with E-state index >= 15 is 0 Å². The van der Waals surface area contributed by atoms with Crippen LogP contribution < -0.4 is 5.32 Å². The maximum absolute atomic E-state index is 4.43. The molecule has 0 aromatic carbocycles. The molecule has 0 fully saturated rings. The van der Waals surface area contributed by atoms with Gasteiger partial charge in [0.2, 0.25) is 0 Å². The second kappa shape index (κ2) is 4.72. The molecule has 0 saturated carbocycles. The summed E-state index contributed by atoms with van der Waals surface area (Å²) >= 11 is 1.82. The molecule has 3 heteroatoms. The minimum absolute atomic E-state index is 0.426. The minimum atomic E-state index is 0.426. The van der Waals surface area contributed by atoms with Gasteiger partial charge in [-0.25, -0.2) is 4.98 Å². The Balaban J connectivity index is 2.74. The van der Waals surface area contributed by atoms with Gasteiger partial charge in [-0.3, -0.25) is 0 Å². The molecule has 1 heterocycles. The van der Waals surface area contributed by atoms with Crippen LogP contribution >= 0.6 is 11.3 Å². The maximum Gasteiger partial charge on any atom is 0.0956 e. The quantitative estimate of drug-likeness (QED) is 0.804. The highest BCUT2D eigenvalue weighted by Crippen LogP contribution is 2.27. The van der Waals surface area contributed by atoms with E-state index in [0.29, 0.717) is 12.0 Å². The zero-order valence-electron chi connectivity index (χ0n) is 8.79. The predicted molar refractivity (Wildman–Crippen MR) is 58.3 cm³/mol. The first-order valence-corrected chi connectivity index (χ1v) is 5.63. The summed E-state index contributed by atoms with van der Waals surface area (Å²) in [6.45, 7) is 6.59. The lowest BCUT2D eigenvalue weighted by Gasteiger charge is -2.05. The van der Waals surface area contributed by atoms with Crippen LogP contribution in [-0.4, -0.2) is 12.0 Å². The second-order valence-corrected chi connectivity index (χ2v) is 4.51. The lowest BCUT2D eigenvalue weighted by molar-refractivity contribution is 0.662. The van der Waals surface area contributed by atoms with Crippen molar-refractivity contribution in [3.8, 4) is 0 Å². The van der Waals surface area contributed by atoms with Gasteiger partial charge in [0, 0.05) is 23.0 Å². The zero-order chi connectivity index (χ0) is 9.84. The van der Waals surface area contributed by atoms with Gasteiger partial charge < -0.3 is 5.32 Å². The maximum atomic E-state index is 4.43. The molecule has 0 aliphatic heterocycles. The molecule has 0 bridgehead atoms. The molecular formula is C10H18N2S. The van der Waals surface area contributed by atoms with Crippen molar-refractivity contribution in [3.63, 3.8) is 0 Å². The van der Waals surface area contributed by atoms with E-state index in [0.717, 1.165) is 0 Å².